The van der Waals surface area contributed by atoms with Gasteiger partial charge < -0.3 is 10.2 Å². The molecule has 2 saturated heterocycles. The predicted octanol–water partition coefficient (Wildman–Crippen LogP) is 0.515. The van der Waals surface area contributed by atoms with Gasteiger partial charge in [-0.2, -0.15) is 12.6 Å². The van der Waals surface area contributed by atoms with Crippen LogP contribution in [-0.4, -0.2) is 42.2 Å². The number of nitrogens with zero attached hydrogens (tertiary/aromatic N) is 1. The van der Waals surface area contributed by atoms with Crippen LogP contribution in [0.15, 0.2) is 0 Å². The van der Waals surface area contributed by atoms with E-state index < -0.39 is 0 Å². The van der Waals surface area contributed by atoms with E-state index in [1.807, 2.05) is 0 Å². The average molecular weight is 214 g/mol. The van der Waals surface area contributed by atoms with E-state index in [1.54, 1.807) is 0 Å². The third-order valence-electron chi connectivity index (χ3n) is 3.52. The van der Waals surface area contributed by atoms with Gasteiger partial charge in [-0.3, -0.25) is 4.79 Å². The van der Waals surface area contributed by atoms with Crippen LogP contribution in [0.2, 0.25) is 0 Å². The van der Waals surface area contributed by atoms with Gasteiger partial charge in [0.1, 0.15) is 0 Å². The van der Waals surface area contributed by atoms with Crippen LogP contribution in [0.1, 0.15) is 19.3 Å². The van der Waals surface area contributed by atoms with Gasteiger partial charge in [-0.15, -0.1) is 0 Å². The molecule has 14 heavy (non-hydrogen) atoms. The standard InChI is InChI=1S/C10H18N2OS/c1-12-5-7-2-3-9(12)8(4-7)11-10(13)6-14/h7-9,14H,2-6H2,1H3,(H,11,13). The van der Waals surface area contributed by atoms with Crippen LogP contribution in [0, 0.1) is 5.92 Å². The van der Waals surface area contributed by atoms with Gasteiger partial charge in [-0.25, -0.2) is 0 Å². The van der Waals surface area contributed by atoms with Gasteiger partial charge in [0.2, 0.25) is 5.91 Å². The van der Waals surface area contributed by atoms with Crippen LogP contribution < -0.4 is 5.32 Å². The summed E-state index contributed by atoms with van der Waals surface area (Å²) in [7, 11) is 2.16. The van der Waals surface area contributed by atoms with Crippen molar-refractivity contribution in [3.63, 3.8) is 0 Å². The van der Waals surface area contributed by atoms with Gasteiger partial charge >= 0.3 is 0 Å². The van der Waals surface area contributed by atoms with Crippen LogP contribution in [0.5, 0.6) is 0 Å². The number of amides is 1. The molecule has 3 aliphatic rings. The summed E-state index contributed by atoms with van der Waals surface area (Å²) in [6.45, 7) is 1.21. The molecule has 0 aromatic rings. The first-order valence-corrected chi connectivity index (χ1v) is 5.94. The number of hydrogen-bond donors (Lipinski definition) is 2. The second-order valence-electron chi connectivity index (χ2n) is 4.52. The van der Waals surface area contributed by atoms with Crippen molar-refractivity contribution in [2.45, 2.75) is 31.3 Å². The third-order valence-corrected chi connectivity index (χ3v) is 3.81. The number of hydrogen-bond acceptors (Lipinski definition) is 3. The Labute approximate surface area is 90.6 Å². The van der Waals surface area contributed by atoms with Crippen molar-refractivity contribution < 1.29 is 4.79 Å². The molecule has 2 aliphatic heterocycles. The summed E-state index contributed by atoms with van der Waals surface area (Å²) in [5.74, 6) is 1.16. The Morgan fingerprint density at radius 2 is 2.36 bits per heavy atom. The molecule has 0 aromatic heterocycles. The maximum atomic E-state index is 11.3. The summed E-state index contributed by atoms with van der Waals surface area (Å²) in [6, 6.07) is 0.927. The van der Waals surface area contributed by atoms with Crippen molar-refractivity contribution in [1.82, 2.24) is 10.2 Å². The van der Waals surface area contributed by atoms with E-state index in [9.17, 15) is 4.79 Å². The zero-order chi connectivity index (χ0) is 10.1. The lowest BCUT2D eigenvalue weighted by molar-refractivity contribution is -0.120. The second kappa shape index (κ2) is 4.11. The zero-order valence-corrected chi connectivity index (χ0v) is 9.46. The minimum atomic E-state index is 0.0688. The van der Waals surface area contributed by atoms with E-state index in [0.717, 1.165) is 12.3 Å². The molecule has 3 nitrogen and oxygen atoms in total. The first-order valence-electron chi connectivity index (χ1n) is 5.31. The van der Waals surface area contributed by atoms with E-state index in [2.05, 4.69) is 29.9 Å². The maximum Gasteiger partial charge on any atom is 0.229 e. The highest BCUT2D eigenvalue weighted by molar-refractivity contribution is 7.81. The van der Waals surface area contributed by atoms with Gasteiger partial charge in [-0.1, -0.05) is 0 Å². The molecule has 3 fully saturated rings. The Bertz CT molecular complexity index is 234. The first-order chi connectivity index (χ1) is 6.70. The first kappa shape index (κ1) is 10.3. The molecule has 1 aliphatic carbocycles. The Balaban J connectivity index is 1.96. The average Bonchev–Trinajstić information content (AvgIpc) is 2.18. The highest BCUT2D eigenvalue weighted by Crippen LogP contribution is 2.34. The normalized spacial score (nSPS) is 37.1. The maximum absolute atomic E-state index is 11.3. The summed E-state index contributed by atoms with van der Waals surface area (Å²) in [5, 5.41) is 3.07. The molecule has 3 rings (SSSR count). The van der Waals surface area contributed by atoms with Crippen molar-refractivity contribution in [3.8, 4) is 0 Å². The van der Waals surface area contributed by atoms with Crippen LogP contribution >= 0.6 is 12.6 Å². The second-order valence-corrected chi connectivity index (χ2v) is 4.83. The molecule has 2 heterocycles. The lowest BCUT2D eigenvalue weighted by Crippen LogP contribution is -2.59. The number of rotatable bonds is 2. The predicted molar refractivity (Wildman–Crippen MR) is 59.5 cm³/mol. The van der Waals surface area contributed by atoms with Crippen molar-refractivity contribution in [3.05, 3.63) is 0 Å². The molecule has 1 N–H and O–H groups in total. The van der Waals surface area contributed by atoms with Gasteiger partial charge in [0.25, 0.3) is 0 Å². The third kappa shape index (κ3) is 1.91. The van der Waals surface area contributed by atoms with E-state index in [-0.39, 0.29) is 5.91 Å². The zero-order valence-electron chi connectivity index (χ0n) is 8.57. The topological polar surface area (TPSA) is 32.3 Å². The number of carbonyl (C=O) groups excluding carboxylic acids is 1. The summed E-state index contributed by atoms with van der Waals surface area (Å²) < 4.78 is 0. The summed E-state index contributed by atoms with van der Waals surface area (Å²) in [4.78, 5) is 13.6. The number of likely N-dealkylation sites (N-methyl/N-ethyl adjacent to an activating group) is 1. The molecule has 4 heteroatoms. The molecular formula is C10H18N2OS. The highest BCUT2D eigenvalue weighted by atomic mass is 32.1. The lowest BCUT2D eigenvalue weighted by atomic mass is 9.77. The number of piperidine rings is 2. The monoisotopic (exact) mass is 214 g/mol. The Morgan fingerprint density at radius 3 is 2.93 bits per heavy atom. The number of thiol groups is 1. The molecule has 0 aromatic carbocycles. The molecule has 0 radical (unpaired) electrons. The molecule has 1 saturated carbocycles. The van der Waals surface area contributed by atoms with E-state index in [4.69, 9.17) is 0 Å². The summed E-state index contributed by atoms with van der Waals surface area (Å²) >= 11 is 3.98. The van der Waals surface area contributed by atoms with Gasteiger partial charge in [0.05, 0.1) is 5.75 Å². The minimum Gasteiger partial charge on any atom is -0.351 e. The van der Waals surface area contributed by atoms with E-state index in [1.165, 1.54) is 19.4 Å². The fourth-order valence-corrected chi connectivity index (χ4v) is 2.98. The largest absolute Gasteiger partial charge is 0.351 e. The van der Waals surface area contributed by atoms with Crippen LogP contribution in [-0.2, 0) is 4.79 Å². The van der Waals surface area contributed by atoms with Gasteiger partial charge in [-0.05, 0) is 32.2 Å². The van der Waals surface area contributed by atoms with Crippen molar-refractivity contribution in [1.29, 1.82) is 0 Å². The number of fused-ring (bicyclic) bond motifs is 3. The van der Waals surface area contributed by atoms with E-state index in [0.29, 0.717) is 17.8 Å². The molecule has 3 unspecified atom stereocenters. The fourth-order valence-electron chi connectivity index (χ4n) is 2.89. The molecule has 3 atom stereocenters. The Kier molecular flexibility index (Phi) is 3.02. The van der Waals surface area contributed by atoms with E-state index >= 15 is 0 Å². The van der Waals surface area contributed by atoms with Crippen LogP contribution in [0.3, 0.4) is 0 Å². The molecule has 1 amide bonds. The molecular weight excluding hydrogens is 196 g/mol. The number of carbonyl (C=O) groups is 1. The Hall–Kier alpha value is -0.220. The molecule has 2 bridgehead atoms. The van der Waals surface area contributed by atoms with Crippen molar-refractivity contribution in [2.75, 3.05) is 19.3 Å². The van der Waals surface area contributed by atoms with Crippen molar-refractivity contribution >= 4 is 18.5 Å². The lowest BCUT2D eigenvalue weighted by Gasteiger charge is -2.48. The highest BCUT2D eigenvalue weighted by Gasteiger charge is 2.39. The van der Waals surface area contributed by atoms with Crippen molar-refractivity contribution in [2.24, 2.45) is 5.92 Å². The molecule has 80 valence electrons. The smallest absolute Gasteiger partial charge is 0.229 e. The van der Waals surface area contributed by atoms with Gasteiger partial charge in [0.15, 0.2) is 0 Å². The fraction of sp³-hybridized carbons (Fsp3) is 0.900. The summed E-state index contributed by atoms with van der Waals surface area (Å²) in [6.07, 6.45) is 3.73. The Morgan fingerprint density at radius 1 is 1.57 bits per heavy atom. The SMILES string of the molecule is CN1CC2CCC1C(NC(=O)CS)C2. The summed E-state index contributed by atoms with van der Waals surface area (Å²) in [5.41, 5.74) is 0. The molecule has 0 spiro atoms. The minimum absolute atomic E-state index is 0.0688. The van der Waals surface area contributed by atoms with Crippen LogP contribution in [0.4, 0.5) is 0 Å². The van der Waals surface area contributed by atoms with Gasteiger partial charge in [0, 0.05) is 18.6 Å². The quantitative estimate of drug-likeness (QED) is 0.657. The van der Waals surface area contributed by atoms with Crippen LogP contribution in [0.25, 0.3) is 0 Å². The number of nitrogens with one attached hydrogen (secondary N) is 1.